The van der Waals surface area contributed by atoms with Gasteiger partial charge in [0.2, 0.25) is 0 Å². The lowest BCUT2D eigenvalue weighted by Crippen LogP contribution is -2.26. The largest absolute Gasteiger partial charge is 0.399 e. The lowest BCUT2D eigenvalue weighted by atomic mass is 10.0. The third kappa shape index (κ3) is 4.29. The fourth-order valence-corrected chi connectivity index (χ4v) is 5.83. The van der Waals surface area contributed by atoms with Crippen molar-refractivity contribution in [2.45, 2.75) is 39.3 Å². The van der Waals surface area contributed by atoms with Crippen molar-refractivity contribution in [1.29, 1.82) is 0 Å². The Morgan fingerprint density at radius 1 is 1.38 bits per heavy atom. The summed E-state index contributed by atoms with van der Waals surface area (Å²) in [5.41, 5.74) is 17.4. The molecular weight excluding hydrogens is 400 g/mol. The number of thioether (sulfide) groups is 1. The first-order valence-corrected chi connectivity index (χ1v) is 12.0. The predicted octanol–water partition coefficient (Wildman–Crippen LogP) is 3.91. The van der Waals surface area contributed by atoms with Crippen LogP contribution in [0.1, 0.15) is 37.2 Å². The number of aromatic nitrogens is 3. The number of nitrogens with one attached hydrogen (secondary N) is 2. The Hall–Kier alpha value is -2.03. The summed E-state index contributed by atoms with van der Waals surface area (Å²) in [6, 6.07) is -0.0432. The Bertz CT molecular complexity index is 948. The van der Waals surface area contributed by atoms with Crippen molar-refractivity contribution in [2.24, 2.45) is 11.7 Å². The summed E-state index contributed by atoms with van der Waals surface area (Å²) in [4.78, 5) is 9.65. The van der Waals surface area contributed by atoms with Crippen molar-refractivity contribution < 1.29 is 0 Å². The highest BCUT2D eigenvalue weighted by molar-refractivity contribution is 7.99. The first-order chi connectivity index (χ1) is 14.1. The fraction of sp³-hybridized carbons (Fsp3) is 0.429. The van der Waals surface area contributed by atoms with Crippen molar-refractivity contribution in [3.8, 4) is 10.8 Å². The maximum atomic E-state index is 5.98. The number of imidazole rings is 1. The van der Waals surface area contributed by atoms with E-state index in [0.717, 1.165) is 40.3 Å². The van der Waals surface area contributed by atoms with Crippen LogP contribution in [0.5, 0.6) is 0 Å². The van der Waals surface area contributed by atoms with Crippen LogP contribution in [0.3, 0.4) is 0 Å². The number of hydrogen-bond acceptors (Lipinski definition) is 7. The summed E-state index contributed by atoms with van der Waals surface area (Å²) in [5.74, 6) is 4.25. The molecule has 4 heterocycles. The molecule has 29 heavy (non-hydrogen) atoms. The molecule has 0 spiro atoms. The fourth-order valence-electron chi connectivity index (χ4n) is 3.78. The molecule has 0 aliphatic carbocycles. The van der Waals surface area contributed by atoms with E-state index in [9.17, 15) is 0 Å². The highest BCUT2D eigenvalue weighted by atomic mass is 32.2. The van der Waals surface area contributed by atoms with Gasteiger partial charge in [0, 0.05) is 35.2 Å². The average molecular weight is 429 g/mol. The zero-order valence-corrected chi connectivity index (χ0v) is 18.6. The number of aryl methyl sites for hydroxylation is 1. The molecule has 1 fully saturated rings. The molecule has 2 aliphatic rings. The Morgan fingerprint density at radius 3 is 2.93 bits per heavy atom. The van der Waals surface area contributed by atoms with Crippen molar-refractivity contribution in [2.75, 3.05) is 11.5 Å². The molecule has 0 radical (unpaired) electrons. The van der Waals surface area contributed by atoms with Gasteiger partial charge in [-0.05, 0) is 61.8 Å². The number of allylic oxidation sites excluding steroid dienone is 2. The zero-order valence-electron chi connectivity index (χ0n) is 16.9. The van der Waals surface area contributed by atoms with Crippen molar-refractivity contribution in [3.63, 3.8) is 0 Å². The van der Waals surface area contributed by atoms with Gasteiger partial charge in [-0.1, -0.05) is 6.58 Å². The van der Waals surface area contributed by atoms with Crippen molar-refractivity contribution in [3.05, 3.63) is 58.7 Å². The van der Waals surface area contributed by atoms with Crippen LogP contribution in [0.15, 0.2) is 47.3 Å². The van der Waals surface area contributed by atoms with Gasteiger partial charge < -0.3 is 15.7 Å². The number of rotatable bonds is 6. The van der Waals surface area contributed by atoms with E-state index in [1.54, 1.807) is 17.4 Å². The summed E-state index contributed by atoms with van der Waals surface area (Å²) < 4.78 is 2.35. The molecule has 0 saturated carbocycles. The second kappa shape index (κ2) is 8.77. The Kier molecular flexibility index (Phi) is 6.12. The summed E-state index contributed by atoms with van der Waals surface area (Å²) in [7, 11) is 0. The topological polar surface area (TPSA) is 80.8 Å². The Balaban J connectivity index is 1.59. The highest BCUT2D eigenvalue weighted by Crippen LogP contribution is 2.33. The summed E-state index contributed by atoms with van der Waals surface area (Å²) in [6.45, 7) is 8.94. The van der Waals surface area contributed by atoms with Crippen LogP contribution < -0.4 is 16.6 Å². The van der Waals surface area contributed by atoms with Gasteiger partial charge in [0.05, 0.1) is 11.7 Å². The normalized spacial score (nSPS) is 20.9. The molecular formula is C21H28N6S2. The average Bonchev–Trinajstić information content (AvgIpc) is 3.43. The number of hydrazine groups is 1. The van der Waals surface area contributed by atoms with Gasteiger partial charge in [0.25, 0.3) is 0 Å². The number of nitrogens with two attached hydrogens (primary N) is 1. The van der Waals surface area contributed by atoms with Crippen LogP contribution in [0.25, 0.3) is 10.8 Å². The van der Waals surface area contributed by atoms with E-state index < -0.39 is 0 Å². The molecule has 1 atom stereocenters. The quantitative estimate of drug-likeness (QED) is 0.605. The molecule has 4 rings (SSSR count). The SMILES string of the molecule is C=C/C(N)=C\C1=C(C)NNC1c1csc(-c2ncc(C)n2CC2CCSCC2)n1. The van der Waals surface area contributed by atoms with E-state index in [0.29, 0.717) is 5.70 Å². The summed E-state index contributed by atoms with van der Waals surface area (Å²) in [6.07, 6.45) is 8.14. The van der Waals surface area contributed by atoms with Gasteiger partial charge in [0.15, 0.2) is 10.8 Å². The van der Waals surface area contributed by atoms with Crippen LogP contribution in [-0.2, 0) is 6.54 Å². The van der Waals surface area contributed by atoms with E-state index in [1.807, 2.05) is 19.2 Å². The molecule has 0 bridgehead atoms. The smallest absolute Gasteiger partial charge is 0.169 e. The molecule has 2 aliphatic heterocycles. The lowest BCUT2D eigenvalue weighted by molar-refractivity contribution is 0.415. The highest BCUT2D eigenvalue weighted by Gasteiger charge is 2.26. The monoisotopic (exact) mass is 428 g/mol. The maximum absolute atomic E-state index is 5.98. The van der Waals surface area contributed by atoms with Crippen LogP contribution >= 0.6 is 23.1 Å². The molecule has 154 valence electrons. The van der Waals surface area contributed by atoms with Gasteiger partial charge in [-0.2, -0.15) is 11.8 Å². The van der Waals surface area contributed by atoms with Gasteiger partial charge in [-0.3, -0.25) is 0 Å². The van der Waals surface area contributed by atoms with Gasteiger partial charge in [-0.15, -0.1) is 11.3 Å². The number of nitrogens with zero attached hydrogens (tertiary/aromatic N) is 3. The van der Waals surface area contributed by atoms with Gasteiger partial charge in [-0.25, -0.2) is 15.4 Å². The third-order valence-corrected chi connectivity index (χ3v) is 7.46. The molecule has 1 saturated heterocycles. The third-order valence-electron chi connectivity index (χ3n) is 5.55. The van der Waals surface area contributed by atoms with Crippen molar-refractivity contribution >= 4 is 23.1 Å². The molecule has 8 heteroatoms. The molecule has 2 aromatic rings. The number of thiazole rings is 1. The second-order valence-corrected chi connectivity index (χ2v) is 9.68. The van der Waals surface area contributed by atoms with E-state index in [4.69, 9.17) is 15.7 Å². The molecule has 4 N–H and O–H groups in total. The van der Waals surface area contributed by atoms with Crippen LogP contribution in [-0.4, -0.2) is 26.0 Å². The molecule has 2 aromatic heterocycles. The first kappa shape index (κ1) is 20.3. The van der Waals surface area contributed by atoms with E-state index >= 15 is 0 Å². The number of hydrogen-bond donors (Lipinski definition) is 3. The van der Waals surface area contributed by atoms with E-state index in [1.165, 1.54) is 30.0 Å². The predicted molar refractivity (Wildman–Crippen MR) is 122 cm³/mol. The van der Waals surface area contributed by atoms with Gasteiger partial charge in [0.1, 0.15) is 0 Å². The summed E-state index contributed by atoms with van der Waals surface area (Å²) >= 11 is 3.71. The molecule has 6 nitrogen and oxygen atoms in total. The van der Waals surface area contributed by atoms with Crippen molar-refractivity contribution in [1.82, 2.24) is 25.4 Å². The van der Waals surface area contributed by atoms with E-state index in [-0.39, 0.29) is 6.04 Å². The van der Waals surface area contributed by atoms with Crippen LogP contribution in [0, 0.1) is 12.8 Å². The summed E-state index contributed by atoms with van der Waals surface area (Å²) in [5, 5.41) is 3.07. The lowest BCUT2D eigenvalue weighted by Gasteiger charge is -2.23. The molecule has 0 aromatic carbocycles. The Morgan fingerprint density at radius 2 is 2.17 bits per heavy atom. The zero-order chi connectivity index (χ0) is 20.4. The van der Waals surface area contributed by atoms with Gasteiger partial charge >= 0.3 is 0 Å². The minimum Gasteiger partial charge on any atom is -0.399 e. The van der Waals surface area contributed by atoms with Crippen LogP contribution in [0.2, 0.25) is 0 Å². The Labute approximate surface area is 180 Å². The second-order valence-electron chi connectivity index (χ2n) is 7.60. The van der Waals surface area contributed by atoms with E-state index in [2.05, 4.69) is 46.1 Å². The van der Waals surface area contributed by atoms with Crippen LogP contribution in [0.4, 0.5) is 0 Å². The maximum Gasteiger partial charge on any atom is 0.169 e. The minimum atomic E-state index is -0.0432. The molecule has 0 amide bonds. The first-order valence-electron chi connectivity index (χ1n) is 9.94. The molecule has 1 unspecified atom stereocenters. The minimum absolute atomic E-state index is 0.0432. The standard InChI is InChI=1S/C21H28N6S2/c1-4-16(22)9-17-14(3)25-26-19(17)18-12-29-21(24-18)20-23-10-13(2)27(20)11-15-5-7-28-8-6-15/h4,9-10,12,15,19,25-26H,1,5-8,11,22H2,2-3H3/b16-9+.